The van der Waals surface area contributed by atoms with Gasteiger partial charge < -0.3 is 10.1 Å². The Morgan fingerprint density at radius 2 is 1.85 bits per heavy atom. The van der Waals surface area contributed by atoms with Gasteiger partial charge in [-0.25, -0.2) is 17.6 Å². The van der Waals surface area contributed by atoms with Gasteiger partial charge in [-0.05, 0) is 30.7 Å². The molecule has 0 saturated heterocycles. The lowest BCUT2D eigenvalue weighted by molar-refractivity contribution is -0.117. The lowest BCUT2D eigenvalue weighted by Crippen LogP contribution is -2.22. The number of halogens is 6. The van der Waals surface area contributed by atoms with Crippen molar-refractivity contribution >= 4 is 11.6 Å². The van der Waals surface area contributed by atoms with Crippen LogP contribution in [0.25, 0.3) is 0 Å². The van der Waals surface area contributed by atoms with Crippen LogP contribution >= 0.6 is 0 Å². The van der Waals surface area contributed by atoms with Crippen molar-refractivity contribution in [3.8, 4) is 5.75 Å². The molecule has 0 saturated carbocycles. The Bertz CT molecular complexity index is 779. The number of ether oxygens (including phenoxy) is 1. The first-order valence-corrected chi connectivity index (χ1v) is 7.16. The summed E-state index contributed by atoms with van der Waals surface area (Å²) in [6.07, 6.45) is -6.21. The average Bonchev–Trinajstić information content (AvgIpc) is 2.94. The van der Waals surface area contributed by atoms with Crippen LogP contribution in [0.3, 0.4) is 0 Å². The van der Waals surface area contributed by atoms with Crippen molar-refractivity contribution in [3.05, 3.63) is 41.2 Å². The summed E-state index contributed by atoms with van der Waals surface area (Å²) in [6.45, 7) is -2.33. The van der Waals surface area contributed by atoms with Crippen molar-refractivity contribution in [2.45, 2.75) is 32.9 Å². The summed E-state index contributed by atoms with van der Waals surface area (Å²) in [7, 11) is 0. The maximum absolute atomic E-state index is 12.9. The third kappa shape index (κ3) is 4.90. The maximum Gasteiger partial charge on any atom is 0.387 e. The molecule has 142 valence electrons. The summed E-state index contributed by atoms with van der Waals surface area (Å²) in [6, 6.07) is 4.49. The maximum atomic E-state index is 12.9. The molecule has 0 unspecified atom stereocenters. The molecule has 1 heterocycles. The largest absolute Gasteiger partial charge is 0.433 e. The van der Waals surface area contributed by atoms with Gasteiger partial charge in [0.05, 0.1) is 5.69 Å². The average molecular weight is 381 g/mol. The minimum absolute atomic E-state index is 0.116. The van der Waals surface area contributed by atoms with Crippen LogP contribution in [0, 0.1) is 6.92 Å². The van der Waals surface area contributed by atoms with Crippen LogP contribution in [0.5, 0.6) is 5.75 Å². The molecule has 0 spiro atoms. The van der Waals surface area contributed by atoms with E-state index in [0.717, 1.165) is 0 Å². The Morgan fingerprint density at radius 3 is 2.42 bits per heavy atom. The van der Waals surface area contributed by atoms with Crippen LogP contribution in [0.2, 0.25) is 0 Å². The normalized spacial score (nSPS) is 11.5. The van der Waals surface area contributed by atoms with E-state index in [0.29, 0.717) is 16.3 Å². The molecule has 0 radical (unpaired) electrons. The Kier molecular flexibility index (Phi) is 6.11. The highest BCUT2D eigenvalue weighted by Gasteiger charge is 2.23. The standard InChI is InChI=1S/C15H13F6N3O2/c1-7-2-3-11(26-15(20)21)8(4-7)22-12(25)6-24-10(14(18)19)5-9(23-24)13(16)17/h2-5,13-15H,6H2,1H3,(H,22,25). The topological polar surface area (TPSA) is 56.1 Å². The molecule has 2 rings (SSSR count). The second-order valence-corrected chi connectivity index (χ2v) is 5.18. The number of nitrogens with one attached hydrogen (secondary N) is 1. The highest BCUT2D eigenvalue weighted by Crippen LogP contribution is 2.28. The molecule has 0 fully saturated rings. The smallest absolute Gasteiger partial charge is 0.387 e. The van der Waals surface area contributed by atoms with E-state index in [2.05, 4.69) is 15.2 Å². The molecule has 1 amide bonds. The highest BCUT2D eigenvalue weighted by molar-refractivity contribution is 5.92. The van der Waals surface area contributed by atoms with E-state index < -0.39 is 43.3 Å². The molecule has 5 nitrogen and oxygen atoms in total. The zero-order chi connectivity index (χ0) is 19.4. The van der Waals surface area contributed by atoms with E-state index >= 15 is 0 Å². The van der Waals surface area contributed by atoms with Gasteiger partial charge in [-0.15, -0.1) is 0 Å². The highest BCUT2D eigenvalue weighted by atomic mass is 19.3. The molecule has 11 heteroatoms. The van der Waals surface area contributed by atoms with E-state index in [1.54, 1.807) is 6.92 Å². The number of aryl methyl sites for hydroxylation is 1. The Labute approximate surface area is 143 Å². The number of anilines is 1. The van der Waals surface area contributed by atoms with Crippen LogP contribution in [-0.4, -0.2) is 22.3 Å². The van der Waals surface area contributed by atoms with E-state index in [4.69, 9.17) is 0 Å². The lowest BCUT2D eigenvalue weighted by atomic mass is 10.2. The molecule has 1 aromatic heterocycles. The summed E-state index contributed by atoms with van der Waals surface area (Å²) in [4.78, 5) is 12.0. The van der Waals surface area contributed by atoms with E-state index in [9.17, 15) is 31.1 Å². The predicted octanol–water partition coefficient (Wildman–Crippen LogP) is 4.31. The van der Waals surface area contributed by atoms with Crippen molar-refractivity contribution in [2.75, 3.05) is 5.32 Å². The van der Waals surface area contributed by atoms with Crippen molar-refractivity contribution < 1.29 is 35.9 Å². The van der Waals surface area contributed by atoms with Crippen LogP contribution in [0.15, 0.2) is 24.3 Å². The fourth-order valence-corrected chi connectivity index (χ4v) is 2.13. The summed E-state index contributed by atoms with van der Waals surface area (Å²) in [5, 5.41) is 5.49. The molecule has 2 aromatic rings. The number of benzene rings is 1. The van der Waals surface area contributed by atoms with E-state index in [1.807, 2.05) is 0 Å². The first kappa shape index (κ1) is 19.6. The fourth-order valence-electron chi connectivity index (χ4n) is 2.13. The molecule has 1 N–H and O–H groups in total. The SMILES string of the molecule is Cc1ccc(OC(F)F)c(NC(=O)Cn2nc(C(F)F)cc2C(F)F)c1. The monoisotopic (exact) mass is 381 g/mol. The van der Waals surface area contributed by atoms with Gasteiger partial charge in [0.1, 0.15) is 23.7 Å². The summed E-state index contributed by atoms with van der Waals surface area (Å²) < 4.78 is 80.5. The lowest BCUT2D eigenvalue weighted by Gasteiger charge is -2.13. The quantitative estimate of drug-likeness (QED) is 0.728. The van der Waals surface area contributed by atoms with Gasteiger partial charge in [0.25, 0.3) is 12.9 Å². The van der Waals surface area contributed by atoms with Crippen molar-refractivity contribution in [3.63, 3.8) is 0 Å². The van der Waals surface area contributed by atoms with Gasteiger partial charge in [0, 0.05) is 0 Å². The van der Waals surface area contributed by atoms with Crippen LogP contribution in [-0.2, 0) is 11.3 Å². The number of carbonyl (C=O) groups excluding carboxylic acids is 1. The van der Waals surface area contributed by atoms with Crippen molar-refractivity contribution in [1.82, 2.24) is 9.78 Å². The van der Waals surface area contributed by atoms with E-state index in [1.165, 1.54) is 18.2 Å². The minimum atomic E-state index is -3.14. The second-order valence-electron chi connectivity index (χ2n) is 5.18. The van der Waals surface area contributed by atoms with Gasteiger partial charge >= 0.3 is 6.61 Å². The first-order chi connectivity index (χ1) is 12.2. The van der Waals surface area contributed by atoms with Gasteiger partial charge in [-0.3, -0.25) is 9.48 Å². The molecular formula is C15H13F6N3O2. The summed E-state index contributed by atoms with van der Waals surface area (Å²) in [5.41, 5.74) is -1.27. The molecule has 0 aliphatic rings. The van der Waals surface area contributed by atoms with Crippen LogP contribution in [0.1, 0.15) is 29.8 Å². The predicted molar refractivity (Wildman–Crippen MR) is 78.6 cm³/mol. The molecule has 0 aliphatic heterocycles. The van der Waals surface area contributed by atoms with Gasteiger partial charge in [0.15, 0.2) is 0 Å². The zero-order valence-corrected chi connectivity index (χ0v) is 13.2. The molecule has 1 aromatic carbocycles. The van der Waals surface area contributed by atoms with Crippen LogP contribution in [0.4, 0.5) is 32.0 Å². The Balaban J connectivity index is 2.20. The fraction of sp³-hybridized carbons (Fsp3) is 0.333. The summed E-state index contributed by atoms with van der Waals surface area (Å²) >= 11 is 0. The number of nitrogens with zero attached hydrogens (tertiary/aromatic N) is 2. The summed E-state index contributed by atoms with van der Waals surface area (Å²) in [5.74, 6) is -1.26. The van der Waals surface area contributed by atoms with Crippen molar-refractivity contribution in [1.29, 1.82) is 0 Å². The minimum Gasteiger partial charge on any atom is -0.433 e. The zero-order valence-electron chi connectivity index (χ0n) is 13.2. The number of aromatic nitrogens is 2. The number of alkyl halides is 6. The third-order valence-electron chi connectivity index (χ3n) is 3.20. The number of hydrogen-bond donors (Lipinski definition) is 1. The molecular weight excluding hydrogens is 368 g/mol. The van der Waals surface area contributed by atoms with E-state index in [-0.39, 0.29) is 11.4 Å². The number of amides is 1. The third-order valence-corrected chi connectivity index (χ3v) is 3.20. The van der Waals surface area contributed by atoms with Crippen molar-refractivity contribution in [2.24, 2.45) is 0 Å². The van der Waals surface area contributed by atoms with Gasteiger partial charge in [-0.1, -0.05) is 6.07 Å². The number of carbonyl (C=O) groups is 1. The number of hydrogen-bond acceptors (Lipinski definition) is 3. The molecule has 0 bridgehead atoms. The first-order valence-electron chi connectivity index (χ1n) is 7.16. The molecule has 26 heavy (non-hydrogen) atoms. The van der Waals surface area contributed by atoms with Gasteiger partial charge in [0.2, 0.25) is 5.91 Å². The molecule has 0 aliphatic carbocycles. The second kappa shape index (κ2) is 8.11. The van der Waals surface area contributed by atoms with Crippen LogP contribution < -0.4 is 10.1 Å². The van der Waals surface area contributed by atoms with Gasteiger partial charge in [-0.2, -0.15) is 13.9 Å². The number of rotatable bonds is 7. The Morgan fingerprint density at radius 1 is 1.15 bits per heavy atom. The molecule has 0 atom stereocenters. The Hall–Kier alpha value is -2.72.